The van der Waals surface area contributed by atoms with Gasteiger partial charge in [0, 0.05) is 15.3 Å². The molecule has 0 aliphatic heterocycles. The van der Waals surface area contributed by atoms with Gasteiger partial charge in [0.1, 0.15) is 17.3 Å². The molecule has 5 heteroatoms. The highest BCUT2D eigenvalue weighted by molar-refractivity contribution is 9.10. The van der Waals surface area contributed by atoms with Gasteiger partial charge in [-0.15, -0.1) is 0 Å². The fraction of sp³-hybridized carbons (Fsp3) is 0.500. The van der Waals surface area contributed by atoms with E-state index in [0.717, 1.165) is 17.3 Å². The Balaban J connectivity index is 1.65. The highest BCUT2D eigenvalue weighted by Gasteiger charge is 2.62. The van der Waals surface area contributed by atoms with E-state index in [-0.39, 0.29) is 22.5 Å². The molecule has 1 heterocycles. The van der Waals surface area contributed by atoms with Crippen LogP contribution in [0.4, 0.5) is 0 Å². The first-order valence-corrected chi connectivity index (χ1v) is 9.46. The van der Waals surface area contributed by atoms with Gasteiger partial charge in [0.25, 0.3) is 0 Å². The zero-order valence-electron chi connectivity index (χ0n) is 14.6. The van der Waals surface area contributed by atoms with Crippen LogP contribution in [-0.4, -0.2) is 12.1 Å². The van der Waals surface area contributed by atoms with E-state index in [1.807, 2.05) is 6.07 Å². The maximum absolute atomic E-state index is 12.7. The van der Waals surface area contributed by atoms with Crippen LogP contribution in [-0.2, 0) is 4.74 Å². The summed E-state index contributed by atoms with van der Waals surface area (Å²) in [5, 5.41) is 0.695. The number of carbonyl (C=O) groups is 1. The summed E-state index contributed by atoms with van der Waals surface area (Å²) in [6.07, 6.45) is 2.97. The molecular weight excluding hydrogens is 384 g/mol. The number of rotatable bonds is 2. The quantitative estimate of drug-likeness (QED) is 0.525. The first-order valence-electron chi connectivity index (χ1n) is 8.67. The largest absolute Gasteiger partial charge is 0.458 e. The van der Waals surface area contributed by atoms with Crippen molar-refractivity contribution < 1.29 is 13.9 Å². The van der Waals surface area contributed by atoms with Gasteiger partial charge in [0.05, 0.1) is 0 Å². The van der Waals surface area contributed by atoms with Gasteiger partial charge in [-0.1, -0.05) is 36.7 Å². The van der Waals surface area contributed by atoms with Gasteiger partial charge in [-0.2, -0.15) is 0 Å². The average molecular weight is 405 g/mol. The first kappa shape index (κ1) is 16.8. The van der Waals surface area contributed by atoms with Gasteiger partial charge in [0.2, 0.25) is 0 Å². The van der Waals surface area contributed by atoms with Crippen molar-refractivity contribution in [2.75, 3.05) is 0 Å². The Morgan fingerprint density at radius 1 is 1.28 bits per heavy atom. The third kappa shape index (κ3) is 2.39. The number of benzene rings is 1. The molecule has 0 N–H and O–H groups in total. The van der Waals surface area contributed by atoms with Crippen molar-refractivity contribution in [1.29, 1.82) is 0 Å². The van der Waals surface area contributed by atoms with E-state index in [4.69, 9.17) is 9.15 Å². The summed E-state index contributed by atoms with van der Waals surface area (Å²) in [4.78, 5) is 24.9. The van der Waals surface area contributed by atoms with Crippen LogP contribution in [0.2, 0.25) is 0 Å². The number of hydrogen-bond acceptors (Lipinski definition) is 4. The zero-order chi connectivity index (χ0) is 18.0. The molecule has 25 heavy (non-hydrogen) atoms. The molecule has 1 aromatic carbocycles. The predicted octanol–water partition coefficient (Wildman–Crippen LogP) is 4.93. The second-order valence-electron chi connectivity index (χ2n) is 8.13. The number of hydrogen-bond donors (Lipinski definition) is 0. The Hall–Kier alpha value is -1.62. The minimum atomic E-state index is -0.646. The molecule has 2 aliphatic rings. The number of fused-ring (bicyclic) bond motifs is 3. The number of ether oxygens (including phenoxy) is 1. The second-order valence-corrected chi connectivity index (χ2v) is 9.05. The lowest BCUT2D eigenvalue weighted by atomic mass is 9.70. The molecule has 2 bridgehead atoms. The van der Waals surface area contributed by atoms with Crippen molar-refractivity contribution in [2.24, 2.45) is 16.7 Å². The van der Waals surface area contributed by atoms with E-state index >= 15 is 0 Å². The summed E-state index contributed by atoms with van der Waals surface area (Å²) in [5.74, 6) is -0.00975. The number of esters is 1. The van der Waals surface area contributed by atoms with Gasteiger partial charge in [-0.3, -0.25) is 0 Å². The van der Waals surface area contributed by atoms with E-state index < -0.39 is 11.6 Å². The second kappa shape index (κ2) is 5.44. The van der Waals surface area contributed by atoms with Crippen molar-refractivity contribution in [2.45, 2.75) is 46.1 Å². The minimum Gasteiger partial charge on any atom is -0.458 e. The molecule has 4 rings (SSSR count). The van der Waals surface area contributed by atoms with Gasteiger partial charge >= 0.3 is 11.6 Å². The molecule has 3 atom stereocenters. The van der Waals surface area contributed by atoms with Crippen LogP contribution < -0.4 is 5.63 Å². The van der Waals surface area contributed by atoms with Gasteiger partial charge in [0.15, 0.2) is 0 Å². The first-order chi connectivity index (χ1) is 11.7. The number of halogens is 1. The van der Waals surface area contributed by atoms with Crippen molar-refractivity contribution in [3.8, 4) is 0 Å². The summed E-state index contributed by atoms with van der Waals surface area (Å²) < 4.78 is 12.0. The van der Waals surface area contributed by atoms with Gasteiger partial charge < -0.3 is 9.15 Å². The highest BCUT2D eigenvalue weighted by atomic mass is 79.9. The Morgan fingerprint density at radius 2 is 2.04 bits per heavy atom. The summed E-state index contributed by atoms with van der Waals surface area (Å²) in [5.41, 5.74) is -0.107. The smallest absolute Gasteiger partial charge is 0.351 e. The van der Waals surface area contributed by atoms with E-state index in [2.05, 4.69) is 36.7 Å². The molecule has 0 radical (unpaired) electrons. The topological polar surface area (TPSA) is 56.5 Å². The van der Waals surface area contributed by atoms with Crippen LogP contribution in [0.15, 0.2) is 37.9 Å². The molecule has 2 aliphatic carbocycles. The Bertz CT molecular complexity index is 929. The summed E-state index contributed by atoms with van der Waals surface area (Å²) in [6, 6.07) is 6.88. The molecular formula is C20H21BrO4. The zero-order valence-corrected chi connectivity index (χ0v) is 16.2. The predicted molar refractivity (Wildman–Crippen MR) is 98.6 cm³/mol. The van der Waals surface area contributed by atoms with Crippen LogP contribution >= 0.6 is 15.9 Å². The van der Waals surface area contributed by atoms with Crippen LogP contribution in [0.3, 0.4) is 0 Å². The maximum Gasteiger partial charge on any atom is 0.351 e. The lowest BCUT2D eigenvalue weighted by Gasteiger charge is -2.38. The van der Waals surface area contributed by atoms with Gasteiger partial charge in [-0.05, 0) is 54.9 Å². The monoisotopic (exact) mass is 404 g/mol. The fourth-order valence-corrected chi connectivity index (χ4v) is 5.12. The number of carbonyl (C=O) groups excluding carboxylic acids is 1. The van der Waals surface area contributed by atoms with Crippen molar-refractivity contribution in [3.05, 3.63) is 44.7 Å². The molecule has 132 valence electrons. The van der Waals surface area contributed by atoms with E-state index in [9.17, 15) is 9.59 Å². The summed E-state index contributed by atoms with van der Waals surface area (Å²) in [6.45, 7) is 6.73. The Labute approximate surface area is 154 Å². The van der Waals surface area contributed by atoms with Crippen LogP contribution in [0, 0.1) is 16.7 Å². The molecule has 2 saturated carbocycles. The van der Waals surface area contributed by atoms with Crippen molar-refractivity contribution in [3.63, 3.8) is 0 Å². The molecule has 4 nitrogen and oxygen atoms in total. The minimum absolute atomic E-state index is 0.0326. The standard InChI is InChI=1S/C20H21BrO4/c1-19(2)12-6-7-20(19,3)16(10-12)25-18(23)14-9-11-8-13(21)4-5-15(11)24-17(14)22/h4-5,8-9,12,16H,6-7,10H2,1-3H3. The lowest BCUT2D eigenvalue weighted by Crippen LogP contribution is -2.38. The third-order valence-corrected chi connectivity index (χ3v) is 7.37. The molecule has 2 fully saturated rings. The molecule has 0 amide bonds. The van der Waals surface area contributed by atoms with Crippen LogP contribution in [0.5, 0.6) is 0 Å². The van der Waals surface area contributed by atoms with E-state index in [1.54, 1.807) is 18.2 Å². The summed E-state index contributed by atoms with van der Waals surface area (Å²) >= 11 is 3.39. The van der Waals surface area contributed by atoms with Crippen LogP contribution in [0.1, 0.15) is 50.4 Å². The normalized spacial score (nSPS) is 29.9. The van der Waals surface area contributed by atoms with Gasteiger partial charge in [-0.25, -0.2) is 9.59 Å². The highest BCUT2D eigenvalue weighted by Crippen LogP contribution is 2.66. The van der Waals surface area contributed by atoms with Crippen LogP contribution in [0.25, 0.3) is 11.0 Å². The SMILES string of the molecule is CC1(C)C2CCC1(C)C(OC(=O)c1cc3cc(Br)ccc3oc1=O)C2. The molecule has 0 saturated heterocycles. The fourth-order valence-electron chi connectivity index (χ4n) is 4.74. The Kier molecular flexibility index (Phi) is 3.66. The van der Waals surface area contributed by atoms with Crippen molar-refractivity contribution >= 4 is 32.9 Å². The third-order valence-electron chi connectivity index (χ3n) is 6.88. The molecule has 0 spiro atoms. The lowest BCUT2D eigenvalue weighted by molar-refractivity contribution is -0.0245. The molecule has 3 unspecified atom stereocenters. The molecule has 1 aromatic heterocycles. The maximum atomic E-state index is 12.7. The van der Waals surface area contributed by atoms with E-state index in [1.165, 1.54) is 6.42 Å². The Morgan fingerprint density at radius 3 is 2.68 bits per heavy atom. The van der Waals surface area contributed by atoms with E-state index in [0.29, 0.717) is 16.9 Å². The van der Waals surface area contributed by atoms with Crippen molar-refractivity contribution in [1.82, 2.24) is 0 Å². The average Bonchev–Trinajstić information content (AvgIpc) is 2.88. The molecule has 2 aromatic rings. The summed E-state index contributed by atoms with van der Waals surface area (Å²) in [7, 11) is 0.